The van der Waals surface area contributed by atoms with Gasteiger partial charge in [0.15, 0.2) is 6.17 Å². The van der Waals surface area contributed by atoms with Crippen LogP contribution < -0.4 is 0 Å². The third-order valence-electron chi connectivity index (χ3n) is 3.70. The SMILES string of the molecule is CO[Si](C)(OC)C(F)(F)C(F)CCCCCCCC(F)(F)F. The predicted molar refractivity (Wildman–Crippen MR) is 73.9 cm³/mol. The van der Waals surface area contributed by atoms with Crippen molar-refractivity contribution in [2.75, 3.05) is 14.2 Å². The first kappa shape index (κ1) is 21.7. The van der Waals surface area contributed by atoms with Crippen LogP contribution in [0.5, 0.6) is 0 Å². The van der Waals surface area contributed by atoms with Gasteiger partial charge in [0.2, 0.25) is 0 Å². The second kappa shape index (κ2) is 9.12. The molecule has 0 saturated heterocycles. The average Bonchev–Trinajstić information content (AvgIpc) is 2.43. The Bertz CT molecular complexity index is 307. The Kier molecular flexibility index (Phi) is 9.00. The second-order valence-electron chi connectivity index (χ2n) is 5.37. The molecule has 2 nitrogen and oxygen atoms in total. The van der Waals surface area contributed by atoms with Crippen LogP contribution in [0.15, 0.2) is 0 Å². The van der Waals surface area contributed by atoms with Crippen molar-refractivity contribution < 1.29 is 35.2 Å². The number of halogens is 6. The van der Waals surface area contributed by atoms with Crippen LogP contribution in [0.1, 0.15) is 44.9 Å². The van der Waals surface area contributed by atoms with Gasteiger partial charge in [-0.3, -0.25) is 0 Å². The molecule has 0 aliphatic rings. The fraction of sp³-hybridized carbons (Fsp3) is 1.00. The third kappa shape index (κ3) is 6.87. The molecule has 0 spiro atoms. The Hall–Kier alpha value is -0.283. The van der Waals surface area contributed by atoms with Crippen LogP contribution in [0.3, 0.4) is 0 Å². The molecular weight excluding hydrogens is 330 g/mol. The normalized spacial score (nSPS) is 15.1. The molecule has 1 atom stereocenters. The highest BCUT2D eigenvalue weighted by atomic mass is 28.4. The Labute approximate surface area is 128 Å². The van der Waals surface area contributed by atoms with Crippen molar-refractivity contribution in [3.63, 3.8) is 0 Å². The summed E-state index contributed by atoms with van der Waals surface area (Å²) >= 11 is 0. The second-order valence-corrected chi connectivity index (χ2v) is 8.74. The van der Waals surface area contributed by atoms with Crippen LogP contribution >= 0.6 is 0 Å². The highest BCUT2D eigenvalue weighted by Gasteiger charge is 2.61. The standard InChI is InChI=1S/C13H24F6O2Si/c1-20-22(3,21-2)13(18,19)11(14)9-7-5-4-6-8-10-12(15,16)17/h11H,4-10H2,1-3H3. The minimum Gasteiger partial charge on any atom is -0.394 e. The fourth-order valence-corrected chi connectivity index (χ4v) is 3.42. The molecule has 0 N–H and O–H groups in total. The highest BCUT2D eigenvalue weighted by Crippen LogP contribution is 2.35. The molecule has 0 aliphatic carbocycles. The van der Waals surface area contributed by atoms with Crippen molar-refractivity contribution in [1.82, 2.24) is 0 Å². The lowest BCUT2D eigenvalue weighted by Gasteiger charge is -2.33. The molecule has 0 rings (SSSR count). The lowest BCUT2D eigenvalue weighted by atomic mass is 10.1. The molecule has 22 heavy (non-hydrogen) atoms. The first-order chi connectivity index (χ1) is 10.00. The molecular formula is C13H24F6O2Si. The van der Waals surface area contributed by atoms with Gasteiger partial charge in [-0.05, 0) is 19.4 Å². The van der Waals surface area contributed by atoms with Crippen molar-refractivity contribution >= 4 is 8.56 Å². The summed E-state index contributed by atoms with van der Waals surface area (Å²) in [5.41, 5.74) is -3.67. The van der Waals surface area contributed by atoms with E-state index < -0.39 is 32.9 Å². The van der Waals surface area contributed by atoms with Gasteiger partial charge in [0, 0.05) is 20.6 Å². The summed E-state index contributed by atoms with van der Waals surface area (Å²) < 4.78 is 86.7. The van der Waals surface area contributed by atoms with Gasteiger partial charge in [0.1, 0.15) is 0 Å². The Morgan fingerprint density at radius 3 is 1.77 bits per heavy atom. The van der Waals surface area contributed by atoms with Gasteiger partial charge in [0.25, 0.3) is 0 Å². The molecule has 0 aromatic carbocycles. The number of unbranched alkanes of at least 4 members (excludes halogenated alkanes) is 4. The molecule has 1 unspecified atom stereocenters. The maximum absolute atomic E-state index is 13.9. The van der Waals surface area contributed by atoms with Crippen LogP contribution in [0.25, 0.3) is 0 Å². The lowest BCUT2D eigenvalue weighted by Crippen LogP contribution is -2.59. The van der Waals surface area contributed by atoms with Crippen LogP contribution in [0, 0.1) is 0 Å². The molecule has 0 amide bonds. The Morgan fingerprint density at radius 2 is 1.32 bits per heavy atom. The van der Waals surface area contributed by atoms with E-state index in [1.54, 1.807) is 0 Å². The summed E-state index contributed by atoms with van der Waals surface area (Å²) in [6.45, 7) is 1.09. The van der Waals surface area contributed by atoms with Crippen LogP contribution in [-0.4, -0.2) is 40.7 Å². The van der Waals surface area contributed by atoms with Gasteiger partial charge >= 0.3 is 20.3 Å². The van der Waals surface area contributed by atoms with E-state index in [-0.39, 0.29) is 19.3 Å². The minimum atomic E-state index is -4.17. The van der Waals surface area contributed by atoms with Crippen molar-refractivity contribution in [3.05, 3.63) is 0 Å². The van der Waals surface area contributed by atoms with Gasteiger partial charge in [0.05, 0.1) is 0 Å². The molecule has 0 bridgehead atoms. The summed E-state index contributed by atoms with van der Waals surface area (Å²) in [5, 5.41) is 0. The molecule has 0 aliphatic heterocycles. The van der Waals surface area contributed by atoms with Gasteiger partial charge in [-0.15, -0.1) is 0 Å². The average molecular weight is 354 g/mol. The first-order valence-electron chi connectivity index (χ1n) is 7.19. The van der Waals surface area contributed by atoms with Crippen LogP contribution in [0.4, 0.5) is 26.3 Å². The molecule has 0 aromatic heterocycles. The van der Waals surface area contributed by atoms with E-state index in [4.69, 9.17) is 0 Å². The van der Waals surface area contributed by atoms with Gasteiger partial charge in [-0.25, -0.2) is 13.2 Å². The van der Waals surface area contributed by atoms with E-state index >= 15 is 0 Å². The zero-order valence-electron chi connectivity index (χ0n) is 13.1. The van der Waals surface area contributed by atoms with E-state index in [9.17, 15) is 26.3 Å². The maximum atomic E-state index is 13.9. The summed E-state index contributed by atoms with van der Waals surface area (Å²) in [6, 6.07) is 0. The summed E-state index contributed by atoms with van der Waals surface area (Å²) in [7, 11) is -1.79. The molecule has 0 saturated carbocycles. The van der Waals surface area contributed by atoms with Crippen molar-refractivity contribution in [2.24, 2.45) is 0 Å². The monoisotopic (exact) mass is 354 g/mol. The largest absolute Gasteiger partial charge is 0.413 e. The Balaban J connectivity index is 4.01. The summed E-state index contributed by atoms with van der Waals surface area (Å²) in [5.74, 6) is 0. The zero-order chi connectivity index (χ0) is 17.4. The van der Waals surface area contributed by atoms with E-state index in [2.05, 4.69) is 8.85 Å². The molecule has 0 radical (unpaired) electrons. The highest BCUT2D eigenvalue weighted by molar-refractivity contribution is 6.68. The van der Waals surface area contributed by atoms with Crippen molar-refractivity contribution in [1.29, 1.82) is 0 Å². The third-order valence-corrected chi connectivity index (χ3v) is 6.78. The van der Waals surface area contributed by atoms with Crippen molar-refractivity contribution in [3.8, 4) is 0 Å². The van der Waals surface area contributed by atoms with E-state index in [1.807, 2.05) is 0 Å². The predicted octanol–water partition coefficient (Wildman–Crippen LogP) is 5.16. The minimum absolute atomic E-state index is 0.0110. The first-order valence-corrected chi connectivity index (χ1v) is 9.50. The molecule has 0 heterocycles. The molecule has 9 heteroatoms. The molecule has 0 aromatic rings. The quantitative estimate of drug-likeness (QED) is 0.290. The fourth-order valence-electron chi connectivity index (χ4n) is 2.00. The van der Waals surface area contributed by atoms with E-state index in [0.717, 1.165) is 20.8 Å². The van der Waals surface area contributed by atoms with E-state index in [1.165, 1.54) is 0 Å². The van der Waals surface area contributed by atoms with Gasteiger partial charge in [-0.2, -0.15) is 13.2 Å². The van der Waals surface area contributed by atoms with Crippen molar-refractivity contribution in [2.45, 2.75) is 69.4 Å². The number of hydrogen-bond donors (Lipinski definition) is 0. The topological polar surface area (TPSA) is 18.5 Å². The zero-order valence-corrected chi connectivity index (χ0v) is 14.1. The van der Waals surface area contributed by atoms with Crippen LogP contribution in [0.2, 0.25) is 6.55 Å². The maximum Gasteiger partial charge on any atom is 0.413 e. The van der Waals surface area contributed by atoms with Crippen LogP contribution in [-0.2, 0) is 8.85 Å². The Morgan fingerprint density at radius 1 is 0.864 bits per heavy atom. The smallest absolute Gasteiger partial charge is 0.394 e. The number of alkyl halides is 6. The summed E-state index contributed by atoms with van der Waals surface area (Å²) in [4.78, 5) is 0. The van der Waals surface area contributed by atoms with Gasteiger partial charge < -0.3 is 8.85 Å². The number of rotatable bonds is 11. The molecule has 0 fully saturated rings. The molecule has 134 valence electrons. The lowest BCUT2D eigenvalue weighted by molar-refractivity contribution is -0.135. The number of hydrogen-bond acceptors (Lipinski definition) is 2. The van der Waals surface area contributed by atoms with Gasteiger partial charge in [-0.1, -0.05) is 25.7 Å². The summed E-state index contributed by atoms with van der Waals surface area (Å²) in [6.07, 6.45) is -6.29. The van der Waals surface area contributed by atoms with E-state index in [0.29, 0.717) is 19.3 Å².